The maximum Gasteiger partial charge on any atom is 0.229 e. The number of aryl methyl sites for hydroxylation is 1. The van der Waals surface area contributed by atoms with Crippen molar-refractivity contribution in [1.82, 2.24) is 9.78 Å². The predicted molar refractivity (Wildman–Crippen MR) is 99.6 cm³/mol. The van der Waals surface area contributed by atoms with Gasteiger partial charge in [0.25, 0.3) is 0 Å². The Balaban J connectivity index is 1.96. The van der Waals surface area contributed by atoms with E-state index in [-0.39, 0.29) is 11.8 Å². The number of hydrogen-bond acceptors (Lipinski definition) is 5. The van der Waals surface area contributed by atoms with Crippen LogP contribution in [-0.4, -0.2) is 9.78 Å². The van der Waals surface area contributed by atoms with Gasteiger partial charge in [0.1, 0.15) is 11.6 Å². The number of aromatic nitrogens is 2. The molecule has 0 saturated heterocycles. The number of nitrogens with zero attached hydrogens (tertiary/aromatic N) is 3. The molecule has 25 heavy (non-hydrogen) atoms. The largest absolute Gasteiger partial charge is 0.422 e. The molecule has 0 unspecified atom stereocenters. The maximum atomic E-state index is 9.64. The molecule has 0 spiro atoms. The lowest BCUT2D eigenvalue weighted by Crippen LogP contribution is -2.21. The Kier molecular flexibility index (Phi) is 3.86. The number of allylic oxidation sites excluding steroid dienone is 1. The van der Waals surface area contributed by atoms with E-state index in [1.54, 1.807) is 16.0 Å². The molecule has 1 atom stereocenters. The number of fused-ring (bicyclic) bond motifs is 1. The number of benzene rings is 1. The second kappa shape index (κ2) is 6.06. The lowest BCUT2D eigenvalue weighted by molar-refractivity contribution is 0.367. The van der Waals surface area contributed by atoms with Crippen molar-refractivity contribution >= 4 is 27.3 Å². The van der Waals surface area contributed by atoms with Crippen LogP contribution in [0.3, 0.4) is 0 Å². The van der Waals surface area contributed by atoms with Crippen molar-refractivity contribution in [3.8, 4) is 17.6 Å². The lowest BCUT2D eigenvalue weighted by atomic mass is 9.89. The minimum atomic E-state index is -0.275. The summed E-state index contributed by atoms with van der Waals surface area (Å²) in [6.07, 6.45) is 0. The number of halogens is 1. The van der Waals surface area contributed by atoms with E-state index in [1.165, 1.54) is 0 Å². The van der Waals surface area contributed by atoms with E-state index in [2.05, 4.69) is 27.1 Å². The highest BCUT2D eigenvalue weighted by Crippen LogP contribution is 2.46. The smallest absolute Gasteiger partial charge is 0.229 e. The third-order valence-electron chi connectivity index (χ3n) is 4.11. The fourth-order valence-electron chi connectivity index (χ4n) is 3.03. The zero-order chi connectivity index (χ0) is 17.6. The van der Waals surface area contributed by atoms with Crippen LogP contribution in [0.2, 0.25) is 0 Å². The number of rotatable bonds is 2. The van der Waals surface area contributed by atoms with Crippen LogP contribution in [0.25, 0.3) is 5.69 Å². The number of thiophene rings is 1. The third-order valence-corrected chi connectivity index (χ3v) is 5.80. The van der Waals surface area contributed by atoms with Crippen LogP contribution >= 0.6 is 27.3 Å². The van der Waals surface area contributed by atoms with Gasteiger partial charge in [-0.05, 0) is 47.1 Å². The molecular weight excluding hydrogens is 400 g/mol. The van der Waals surface area contributed by atoms with E-state index >= 15 is 0 Å². The molecule has 3 heterocycles. The van der Waals surface area contributed by atoms with Crippen molar-refractivity contribution in [1.29, 1.82) is 5.26 Å². The molecule has 7 heteroatoms. The van der Waals surface area contributed by atoms with Gasteiger partial charge in [0.2, 0.25) is 11.8 Å². The first-order valence-corrected chi connectivity index (χ1v) is 9.19. The Morgan fingerprint density at radius 1 is 1.28 bits per heavy atom. The first-order valence-electron chi connectivity index (χ1n) is 7.58. The minimum Gasteiger partial charge on any atom is -0.422 e. The molecule has 0 bridgehead atoms. The first kappa shape index (κ1) is 15.9. The molecular formula is C18H13BrN4OS. The van der Waals surface area contributed by atoms with E-state index < -0.39 is 0 Å². The normalized spacial score (nSPS) is 16.3. The summed E-state index contributed by atoms with van der Waals surface area (Å²) in [6.45, 7) is 1.92. The van der Waals surface area contributed by atoms with Crippen LogP contribution in [0.5, 0.6) is 5.88 Å². The molecule has 4 rings (SSSR count). The topological polar surface area (TPSA) is 76.9 Å². The Morgan fingerprint density at radius 2 is 2.04 bits per heavy atom. The molecule has 2 aromatic heterocycles. The molecule has 1 aromatic carbocycles. The molecule has 2 N–H and O–H groups in total. The Hall–Kier alpha value is -2.56. The van der Waals surface area contributed by atoms with E-state index in [0.717, 1.165) is 25.6 Å². The second-order valence-corrected chi connectivity index (χ2v) is 8.11. The highest BCUT2D eigenvalue weighted by molar-refractivity contribution is 9.11. The van der Waals surface area contributed by atoms with Crippen molar-refractivity contribution in [3.63, 3.8) is 0 Å². The molecule has 0 radical (unpaired) electrons. The summed E-state index contributed by atoms with van der Waals surface area (Å²) in [4.78, 5) is 1.02. The van der Waals surface area contributed by atoms with Crippen molar-refractivity contribution in [2.45, 2.75) is 12.8 Å². The molecule has 0 saturated carbocycles. The van der Waals surface area contributed by atoms with E-state index in [4.69, 9.17) is 10.5 Å². The van der Waals surface area contributed by atoms with E-state index in [1.807, 2.05) is 49.4 Å². The fraction of sp³-hybridized carbons (Fsp3) is 0.111. The van der Waals surface area contributed by atoms with Crippen LogP contribution in [0, 0.1) is 18.3 Å². The number of hydrogen-bond donors (Lipinski definition) is 1. The minimum absolute atomic E-state index is 0.126. The monoisotopic (exact) mass is 412 g/mol. The quantitative estimate of drug-likeness (QED) is 0.683. The summed E-state index contributed by atoms with van der Waals surface area (Å²) < 4.78 is 8.57. The molecule has 5 nitrogen and oxygen atoms in total. The first-order chi connectivity index (χ1) is 12.1. The van der Waals surface area contributed by atoms with Crippen LogP contribution in [0.1, 0.15) is 22.1 Å². The summed E-state index contributed by atoms with van der Waals surface area (Å²) in [5.41, 5.74) is 9.07. The molecule has 1 aliphatic heterocycles. The maximum absolute atomic E-state index is 9.64. The molecule has 0 amide bonds. The molecule has 0 fully saturated rings. The summed E-state index contributed by atoms with van der Waals surface area (Å²) >= 11 is 5.07. The van der Waals surface area contributed by atoms with Gasteiger partial charge in [0, 0.05) is 4.88 Å². The van der Waals surface area contributed by atoms with Gasteiger partial charge in [-0.15, -0.1) is 11.3 Å². The predicted octanol–water partition coefficient (Wildman–Crippen LogP) is 4.22. The lowest BCUT2D eigenvalue weighted by Gasteiger charge is -2.23. The van der Waals surface area contributed by atoms with Gasteiger partial charge in [-0.1, -0.05) is 18.2 Å². The van der Waals surface area contributed by atoms with Crippen LogP contribution in [-0.2, 0) is 0 Å². The Morgan fingerprint density at radius 3 is 2.68 bits per heavy atom. The summed E-state index contributed by atoms with van der Waals surface area (Å²) in [6, 6.07) is 15.9. The molecule has 124 valence electrons. The van der Waals surface area contributed by atoms with Gasteiger partial charge in [-0.2, -0.15) is 10.4 Å². The zero-order valence-corrected chi connectivity index (χ0v) is 15.6. The number of para-hydroxylation sites is 1. The number of nitrogens with two attached hydrogens (primary N) is 1. The third kappa shape index (κ3) is 2.54. The fourth-order valence-corrected chi connectivity index (χ4v) is 4.57. The summed E-state index contributed by atoms with van der Waals surface area (Å²) in [5, 5.41) is 14.3. The Labute approximate surface area is 157 Å². The van der Waals surface area contributed by atoms with E-state index in [0.29, 0.717) is 11.5 Å². The summed E-state index contributed by atoms with van der Waals surface area (Å²) in [5.74, 6) is 0.416. The number of nitriles is 1. The average Bonchev–Trinajstić information content (AvgIpc) is 3.18. The summed E-state index contributed by atoms with van der Waals surface area (Å²) in [7, 11) is 0. The standard InChI is InChI=1S/C18H13BrN4OS/c1-10-15-16(13-7-8-14(19)25-13)12(9-20)17(21)24-18(15)23(22-10)11-5-3-2-4-6-11/h2-8,16H,21H2,1H3/t16-/m0/s1. The van der Waals surface area contributed by atoms with Crippen molar-refractivity contribution in [2.24, 2.45) is 5.73 Å². The van der Waals surface area contributed by atoms with Crippen molar-refractivity contribution in [3.05, 3.63) is 73.8 Å². The molecule has 3 aromatic rings. The van der Waals surface area contributed by atoms with E-state index in [9.17, 15) is 5.26 Å². The SMILES string of the molecule is Cc1nn(-c2ccccc2)c2c1[C@H](c1ccc(Br)s1)C(C#N)=C(N)O2. The van der Waals surface area contributed by atoms with Gasteiger partial charge in [-0.3, -0.25) is 0 Å². The second-order valence-electron chi connectivity index (χ2n) is 5.62. The molecule has 0 aliphatic carbocycles. The van der Waals surface area contributed by atoms with Crippen molar-refractivity contribution < 1.29 is 4.74 Å². The molecule has 1 aliphatic rings. The van der Waals surface area contributed by atoms with Crippen LogP contribution < -0.4 is 10.5 Å². The Bertz CT molecular complexity index is 1030. The van der Waals surface area contributed by atoms with Gasteiger partial charge in [-0.25, -0.2) is 4.68 Å². The van der Waals surface area contributed by atoms with Crippen LogP contribution in [0.4, 0.5) is 0 Å². The van der Waals surface area contributed by atoms with Gasteiger partial charge >= 0.3 is 0 Å². The van der Waals surface area contributed by atoms with Gasteiger partial charge in [0.05, 0.1) is 26.6 Å². The highest BCUT2D eigenvalue weighted by atomic mass is 79.9. The number of ether oxygens (including phenoxy) is 1. The van der Waals surface area contributed by atoms with Crippen molar-refractivity contribution in [2.75, 3.05) is 0 Å². The average molecular weight is 413 g/mol. The zero-order valence-electron chi connectivity index (χ0n) is 13.2. The van der Waals surface area contributed by atoms with Gasteiger partial charge < -0.3 is 10.5 Å². The van der Waals surface area contributed by atoms with Gasteiger partial charge in [0.15, 0.2) is 0 Å². The van der Waals surface area contributed by atoms with Crippen LogP contribution in [0.15, 0.2) is 57.7 Å². The highest BCUT2D eigenvalue weighted by Gasteiger charge is 2.36.